The number of imidazole rings is 1. The van der Waals surface area contributed by atoms with Crippen molar-refractivity contribution in [3.8, 4) is 22.5 Å². The molecule has 0 spiro atoms. The topological polar surface area (TPSA) is 41.6 Å². The first-order valence-corrected chi connectivity index (χ1v) is 7.31. The third-order valence-corrected chi connectivity index (χ3v) is 3.54. The molecule has 0 fully saturated rings. The number of hydrogen-bond donors (Lipinski definition) is 1. The Balaban J connectivity index is 2.15. The van der Waals surface area contributed by atoms with Crippen LogP contribution in [-0.2, 0) is 0 Å². The number of benzene rings is 1. The van der Waals surface area contributed by atoms with E-state index in [9.17, 15) is 4.39 Å². The quantitative estimate of drug-likeness (QED) is 0.739. The van der Waals surface area contributed by atoms with Gasteiger partial charge in [0.15, 0.2) is 5.16 Å². The van der Waals surface area contributed by atoms with Crippen LogP contribution in [0.1, 0.15) is 0 Å². The van der Waals surface area contributed by atoms with Crippen LogP contribution in [0.25, 0.3) is 22.5 Å². The second kappa shape index (κ2) is 5.46. The Labute approximate surface area is 120 Å². The number of hydrogen-bond acceptors (Lipinski definition) is 3. The number of rotatable bonds is 3. The van der Waals surface area contributed by atoms with Gasteiger partial charge in [-0.1, -0.05) is 11.8 Å². The van der Waals surface area contributed by atoms with Crippen molar-refractivity contribution >= 4 is 11.8 Å². The molecule has 0 atom stereocenters. The van der Waals surface area contributed by atoms with Gasteiger partial charge in [-0.25, -0.2) is 9.37 Å². The van der Waals surface area contributed by atoms with Gasteiger partial charge in [-0.2, -0.15) is 0 Å². The fourth-order valence-corrected chi connectivity index (χ4v) is 2.38. The van der Waals surface area contributed by atoms with Crippen molar-refractivity contribution in [3.63, 3.8) is 0 Å². The smallest absolute Gasteiger partial charge is 0.166 e. The number of nitrogens with one attached hydrogen (secondary N) is 1. The van der Waals surface area contributed by atoms with E-state index in [-0.39, 0.29) is 5.82 Å². The summed E-state index contributed by atoms with van der Waals surface area (Å²) in [6.45, 7) is 0. The summed E-state index contributed by atoms with van der Waals surface area (Å²) in [4.78, 5) is 11.9. The molecule has 1 N–H and O–H groups in total. The summed E-state index contributed by atoms with van der Waals surface area (Å²) >= 11 is 1.54. The van der Waals surface area contributed by atoms with E-state index in [2.05, 4.69) is 15.0 Å². The van der Waals surface area contributed by atoms with Crippen molar-refractivity contribution in [1.82, 2.24) is 15.0 Å². The average Bonchev–Trinajstić information content (AvgIpc) is 2.93. The fraction of sp³-hybridized carbons (Fsp3) is 0.0667. The summed E-state index contributed by atoms with van der Waals surface area (Å²) in [5.74, 6) is -0.250. The van der Waals surface area contributed by atoms with Crippen molar-refractivity contribution in [2.45, 2.75) is 5.16 Å². The molecule has 1 aromatic carbocycles. The van der Waals surface area contributed by atoms with Gasteiger partial charge in [-0.05, 0) is 42.7 Å². The van der Waals surface area contributed by atoms with Crippen LogP contribution in [0.5, 0.6) is 0 Å². The zero-order valence-corrected chi connectivity index (χ0v) is 11.6. The highest BCUT2D eigenvalue weighted by Gasteiger charge is 2.13. The molecule has 0 aliphatic carbocycles. The molecular weight excluding hydrogens is 273 g/mol. The summed E-state index contributed by atoms with van der Waals surface area (Å²) in [6, 6.07) is 10.2. The minimum absolute atomic E-state index is 0.250. The second-order valence-corrected chi connectivity index (χ2v) is 5.01. The van der Waals surface area contributed by atoms with Gasteiger partial charge in [0.2, 0.25) is 0 Å². The molecule has 100 valence electrons. The van der Waals surface area contributed by atoms with E-state index in [1.165, 1.54) is 23.9 Å². The highest BCUT2D eigenvalue weighted by atomic mass is 32.2. The molecule has 0 amide bonds. The van der Waals surface area contributed by atoms with Gasteiger partial charge < -0.3 is 4.98 Å². The maximum Gasteiger partial charge on any atom is 0.166 e. The van der Waals surface area contributed by atoms with Crippen LogP contribution in [0.3, 0.4) is 0 Å². The largest absolute Gasteiger partial charge is 0.332 e. The molecule has 3 rings (SSSR count). The number of halogens is 1. The number of aromatic amines is 1. The van der Waals surface area contributed by atoms with Crippen LogP contribution in [-0.4, -0.2) is 21.2 Å². The number of nitrogens with zero attached hydrogens (tertiary/aromatic N) is 2. The maximum absolute atomic E-state index is 13.1. The molecule has 3 aromatic rings. The van der Waals surface area contributed by atoms with Gasteiger partial charge in [0, 0.05) is 23.5 Å². The van der Waals surface area contributed by atoms with E-state index in [0.717, 1.165) is 27.7 Å². The van der Waals surface area contributed by atoms with Crippen molar-refractivity contribution in [2.75, 3.05) is 6.26 Å². The zero-order valence-electron chi connectivity index (χ0n) is 10.8. The lowest BCUT2D eigenvalue weighted by Gasteiger charge is -2.02. The molecular formula is C15H12FN3S. The molecule has 2 aromatic heterocycles. The summed E-state index contributed by atoms with van der Waals surface area (Å²) in [7, 11) is 0. The van der Waals surface area contributed by atoms with Crippen molar-refractivity contribution < 1.29 is 4.39 Å². The normalized spacial score (nSPS) is 10.7. The van der Waals surface area contributed by atoms with Crippen LogP contribution in [0, 0.1) is 5.82 Å². The molecule has 0 radical (unpaired) electrons. The van der Waals surface area contributed by atoms with Gasteiger partial charge >= 0.3 is 0 Å². The lowest BCUT2D eigenvalue weighted by molar-refractivity contribution is 0.628. The van der Waals surface area contributed by atoms with Crippen LogP contribution < -0.4 is 0 Å². The van der Waals surface area contributed by atoms with Crippen LogP contribution >= 0.6 is 11.8 Å². The lowest BCUT2D eigenvalue weighted by atomic mass is 10.1. The van der Waals surface area contributed by atoms with Gasteiger partial charge in [-0.15, -0.1) is 0 Å². The van der Waals surface area contributed by atoms with Crippen molar-refractivity contribution in [1.29, 1.82) is 0 Å². The Morgan fingerprint density at radius 1 is 1.00 bits per heavy atom. The SMILES string of the molecule is CSc1nc(-c2ccc(F)cc2)c(-c2ccncc2)[nH]1. The minimum atomic E-state index is -0.250. The van der Waals surface area contributed by atoms with E-state index in [0.29, 0.717) is 0 Å². The molecule has 0 aliphatic heterocycles. The Bertz CT molecular complexity index is 708. The third-order valence-electron chi connectivity index (χ3n) is 2.96. The van der Waals surface area contributed by atoms with E-state index in [1.807, 2.05) is 18.4 Å². The molecule has 5 heteroatoms. The van der Waals surface area contributed by atoms with Gasteiger partial charge in [0.1, 0.15) is 5.82 Å². The molecule has 3 nitrogen and oxygen atoms in total. The van der Waals surface area contributed by atoms with E-state index < -0.39 is 0 Å². The molecule has 2 heterocycles. The van der Waals surface area contributed by atoms with Crippen LogP contribution in [0.2, 0.25) is 0 Å². The molecule has 0 bridgehead atoms. The predicted octanol–water partition coefficient (Wildman–Crippen LogP) is 4.00. The molecule has 0 saturated heterocycles. The average molecular weight is 285 g/mol. The highest BCUT2D eigenvalue weighted by molar-refractivity contribution is 7.98. The standard InChI is InChI=1S/C15H12FN3S/c1-20-15-18-13(10-2-4-12(16)5-3-10)14(19-15)11-6-8-17-9-7-11/h2-9H,1H3,(H,18,19). The van der Waals surface area contributed by atoms with Gasteiger partial charge in [-0.3, -0.25) is 4.98 Å². The monoisotopic (exact) mass is 285 g/mol. The first kappa shape index (κ1) is 12.9. The molecule has 0 aliphatic rings. The first-order valence-electron chi connectivity index (χ1n) is 6.08. The molecule has 0 saturated carbocycles. The van der Waals surface area contributed by atoms with E-state index in [1.54, 1.807) is 24.5 Å². The van der Waals surface area contributed by atoms with Crippen LogP contribution in [0.15, 0.2) is 53.9 Å². The molecule has 0 unspecified atom stereocenters. The van der Waals surface area contributed by atoms with Crippen molar-refractivity contribution in [2.24, 2.45) is 0 Å². The number of pyridine rings is 1. The lowest BCUT2D eigenvalue weighted by Crippen LogP contribution is -1.84. The minimum Gasteiger partial charge on any atom is -0.332 e. The summed E-state index contributed by atoms with van der Waals surface area (Å²) in [6.07, 6.45) is 5.44. The van der Waals surface area contributed by atoms with Crippen molar-refractivity contribution in [3.05, 3.63) is 54.6 Å². The van der Waals surface area contributed by atoms with E-state index in [4.69, 9.17) is 0 Å². The van der Waals surface area contributed by atoms with Crippen LogP contribution in [0.4, 0.5) is 4.39 Å². The summed E-state index contributed by atoms with van der Waals surface area (Å²) in [5.41, 5.74) is 3.63. The fourth-order valence-electron chi connectivity index (χ4n) is 1.99. The zero-order chi connectivity index (χ0) is 13.9. The summed E-state index contributed by atoms with van der Waals surface area (Å²) < 4.78 is 13.1. The summed E-state index contributed by atoms with van der Waals surface area (Å²) in [5, 5.41) is 0.830. The number of thioether (sulfide) groups is 1. The number of H-pyrrole nitrogens is 1. The highest BCUT2D eigenvalue weighted by Crippen LogP contribution is 2.31. The first-order chi connectivity index (χ1) is 9.78. The van der Waals surface area contributed by atoms with E-state index >= 15 is 0 Å². The Hall–Kier alpha value is -2.14. The number of aromatic nitrogens is 3. The Kier molecular flexibility index (Phi) is 3.52. The van der Waals surface area contributed by atoms with Gasteiger partial charge in [0.05, 0.1) is 11.4 Å². The Morgan fingerprint density at radius 2 is 1.70 bits per heavy atom. The Morgan fingerprint density at radius 3 is 2.35 bits per heavy atom. The predicted molar refractivity (Wildman–Crippen MR) is 79.0 cm³/mol. The molecule has 20 heavy (non-hydrogen) atoms. The third kappa shape index (κ3) is 2.44. The van der Waals surface area contributed by atoms with Gasteiger partial charge in [0.25, 0.3) is 0 Å². The second-order valence-electron chi connectivity index (χ2n) is 4.21. The maximum atomic E-state index is 13.1.